The Morgan fingerprint density at radius 3 is 2.36 bits per heavy atom. The van der Waals surface area contributed by atoms with Crippen molar-refractivity contribution >= 4 is 22.4 Å². The Morgan fingerprint density at radius 2 is 1.68 bits per heavy atom. The molecule has 3 rings (SSSR count). The minimum absolute atomic E-state index is 0.0588. The average molecular weight is 292 g/mol. The fourth-order valence-corrected chi connectivity index (χ4v) is 2.83. The second-order valence-corrected chi connectivity index (χ2v) is 5.30. The van der Waals surface area contributed by atoms with Gasteiger partial charge in [-0.2, -0.15) is 0 Å². The lowest BCUT2D eigenvalue weighted by atomic mass is 10.0. The van der Waals surface area contributed by atoms with Gasteiger partial charge in [0.1, 0.15) is 0 Å². The van der Waals surface area contributed by atoms with E-state index in [9.17, 15) is 4.79 Å². The summed E-state index contributed by atoms with van der Waals surface area (Å²) in [4.78, 5) is 18.1. The van der Waals surface area contributed by atoms with Crippen LogP contribution >= 0.6 is 0 Å². The van der Waals surface area contributed by atoms with Gasteiger partial charge in [0.2, 0.25) is 0 Å². The Labute approximate surface area is 130 Å². The number of H-pyrrole nitrogens is 1. The number of carbonyl (C=O) groups excluding carboxylic acids is 1. The van der Waals surface area contributed by atoms with Crippen molar-refractivity contribution in [3.05, 3.63) is 65.9 Å². The molecule has 0 spiro atoms. The molecule has 1 aromatic heterocycles. The maximum Gasteiger partial charge on any atom is 0.195 e. The fraction of sp³-hybridized carbons (Fsp3) is 0.211. The normalized spacial score (nSPS) is 10.8. The molecule has 0 unspecified atom stereocenters. The summed E-state index contributed by atoms with van der Waals surface area (Å²) in [6, 6.07) is 15.8. The van der Waals surface area contributed by atoms with Crippen molar-refractivity contribution in [2.24, 2.45) is 0 Å². The van der Waals surface area contributed by atoms with Crippen molar-refractivity contribution < 1.29 is 4.79 Å². The number of hydrogen-bond donors (Lipinski definition) is 1. The number of fused-ring (bicyclic) bond motifs is 1. The zero-order valence-corrected chi connectivity index (χ0v) is 13.0. The smallest absolute Gasteiger partial charge is 0.195 e. The predicted molar refractivity (Wildman–Crippen MR) is 91.7 cm³/mol. The molecule has 0 bridgehead atoms. The molecule has 3 nitrogen and oxygen atoms in total. The lowest BCUT2D eigenvalue weighted by Crippen LogP contribution is -2.21. The number of hydrogen-bond acceptors (Lipinski definition) is 2. The molecule has 22 heavy (non-hydrogen) atoms. The van der Waals surface area contributed by atoms with Crippen LogP contribution in [-0.2, 0) is 0 Å². The van der Waals surface area contributed by atoms with E-state index in [1.165, 1.54) is 0 Å². The Bertz CT molecular complexity index is 783. The van der Waals surface area contributed by atoms with Gasteiger partial charge in [-0.1, -0.05) is 18.2 Å². The molecule has 0 saturated carbocycles. The van der Waals surface area contributed by atoms with Gasteiger partial charge in [-0.05, 0) is 44.2 Å². The Hall–Kier alpha value is -2.55. The molecule has 0 aliphatic carbocycles. The monoisotopic (exact) mass is 292 g/mol. The van der Waals surface area contributed by atoms with Crippen molar-refractivity contribution in [2.75, 3.05) is 18.0 Å². The molecule has 2 aromatic carbocycles. The van der Waals surface area contributed by atoms with Crippen LogP contribution in [0, 0.1) is 0 Å². The average Bonchev–Trinajstić information content (AvgIpc) is 3.00. The Morgan fingerprint density at radius 1 is 1.00 bits per heavy atom. The summed E-state index contributed by atoms with van der Waals surface area (Å²) in [6.07, 6.45) is 1.80. The Balaban J connectivity index is 1.92. The van der Waals surface area contributed by atoms with Gasteiger partial charge in [-0.3, -0.25) is 4.79 Å². The van der Waals surface area contributed by atoms with Crippen molar-refractivity contribution in [2.45, 2.75) is 13.8 Å². The molecule has 1 N–H and O–H groups in total. The Kier molecular flexibility index (Phi) is 3.96. The molecule has 0 aliphatic rings. The molecule has 3 aromatic rings. The molecule has 0 saturated heterocycles. The van der Waals surface area contributed by atoms with Gasteiger partial charge in [-0.15, -0.1) is 0 Å². The first-order valence-corrected chi connectivity index (χ1v) is 7.70. The van der Waals surface area contributed by atoms with Crippen LogP contribution in [-0.4, -0.2) is 23.9 Å². The topological polar surface area (TPSA) is 36.1 Å². The number of ketones is 1. The molecule has 112 valence electrons. The summed E-state index contributed by atoms with van der Waals surface area (Å²) >= 11 is 0. The van der Waals surface area contributed by atoms with Crippen LogP contribution < -0.4 is 4.90 Å². The van der Waals surface area contributed by atoms with Crippen LogP contribution in [0.4, 0.5) is 5.69 Å². The largest absolute Gasteiger partial charge is 0.372 e. The molecule has 0 fully saturated rings. The van der Waals surface area contributed by atoms with Gasteiger partial charge >= 0.3 is 0 Å². The third kappa shape index (κ3) is 2.50. The van der Waals surface area contributed by atoms with Crippen molar-refractivity contribution in [3.63, 3.8) is 0 Å². The number of nitrogens with one attached hydrogen (secondary N) is 1. The molecule has 0 atom stereocenters. The summed E-state index contributed by atoms with van der Waals surface area (Å²) in [5, 5.41) is 0.973. The van der Waals surface area contributed by atoms with Crippen LogP contribution in [0.2, 0.25) is 0 Å². The molecular weight excluding hydrogens is 272 g/mol. The molecule has 1 heterocycles. The quantitative estimate of drug-likeness (QED) is 0.714. The number of anilines is 1. The molecule has 0 aliphatic heterocycles. The minimum atomic E-state index is 0.0588. The highest BCUT2D eigenvalue weighted by Crippen LogP contribution is 2.22. The van der Waals surface area contributed by atoms with E-state index in [0.717, 1.165) is 40.8 Å². The standard InChI is InChI=1S/C19H20N2O/c1-3-21(4-2)15-11-9-14(10-12-15)19(22)17-13-20-18-8-6-5-7-16(17)18/h5-13,20H,3-4H2,1-2H3. The van der Waals surface area contributed by atoms with Gasteiger partial charge in [0, 0.05) is 47.0 Å². The number of para-hydroxylation sites is 1. The van der Waals surface area contributed by atoms with Crippen LogP contribution in [0.3, 0.4) is 0 Å². The van der Waals surface area contributed by atoms with Crippen LogP contribution in [0.1, 0.15) is 29.8 Å². The molecule has 0 amide bonds. The molecular formula is C19H20N2O. The maximum absolute atomic E-state index is 12.7. The van der Waals surface area contributed by atoms with E-state index < -0.39 is 0 Å². The number of aromatic nitrogens is 1. The van der Waals surface area contributed by atoms with Gasteiger partial charge in [0.25, 0.3) is 0 Å². The van der Waals surface area contributed by atoms with E-state index in [4.69, 9.17) is 0 Å². The van der Waals surface area contributed by atoms with E-state index in [1.807, 2.05) is 48.5 Å². The highest BCUT2D eigenvalue weighted by molar-refractivity contribution is 6.16. The van der Waals surface area contributed by atoms with Crippen molar-refractivity contribution in [1.82, 2.24) is 4.98 Å². The second kappa shape index (κ2) is 6.06. The first-order valence-electron chi connectivity index (χ1n) is 7.70. The lowest BCUT2D eigenvalue weighted by molar-refractivity contribution is 0.104. The van der Waals surface area contributed by atoms with Crippen molar-refractivity contribution in [1.29, 1.82) is 0 Å². The van der Waals surface area contributed by atoms with E-state index in [2.05, 4.69) is 23.7 Å². The number of nitrogens with zero attached hydrogens (tertiary/aromatic N) is 1. The van der Waals surface area contributed by atoms with E-state index in [1.54, 1.807) is 6.20 Å². The number of benzene rings is 2. The third-order valence-electron chi connectivity index (χ3n) is 4.09. The summed E-state index contributed by atoms with van der Waals surface area (Å²) in [5.41, 5.74) is 3.60. The van der Waals surface area contributed by atoms with Gasteiger partial charge in [-0.25, -0.2) is 0 Å². The van der Waals surface area contributed by atoms with Crippen LogP contribution in [0.25, 0.3) is 10.9 Å². The van der Waals surface area contributed by atoms with Crippen molar-refractivity contribution in [3.8, 4) is 0 Å². The first kappa shape index (κ1) is 14.4. The number of aromatic amines is 1. The van der Waals surface area contributed by atoms with Crippen LogP contribution in [0.5, 0.6) is 0 Å². The maximum atomic E-state index is 12.7. The number of carbonyl (C=O) groups is 1. The van der Waals surface area contributed by atoms with E-state index in [0.29, 0.717) is 0 Å². The van der Waals surface area contributed by atoms with Gasteiger partial charge in [0.15, 0.2) is 5.78 Å². The summed E-state index contributed by atoms with van der Waals surface area (Å²) < 4.78 is 0. The second-order valence-electron chi connectivity index (χ2n) is 5.30. The lowest BCUT2D eigenvalue weighted by Gasteiger charge is -2.20. The van der Waals surface area contributed by atoms with E-state index >= 15 is 0 Å². The molecule has 0 radical (unpaired) electrons. The highest BCUT2D eigenvalue weighted by Gasteiger charge is 2.14. The zero-order chi connectivity index (χ0) is 15.5. The van der Waals surface area contributed by atoms with Crippen LogP contribution in [0.15, 0.2) is 54.7 Å². The minimum Gasteiger partial charge on any atom is -0.372 e. The zero-order valence-electron chi connectivity index (χ0n) is 13.0. The summed E-state index contributed by atoms with van der Waals surface area (Å²) in [5.74, 6) is 0.0588. The van der Waals surface area contributed by atoms with Gasteiger partial charge in [0.05, 0.1) is 0 Å². The summed E-state index contributed by atoms with van der Waals surface area (Å²) in [6.45, 7) is 6.20. The fourth-order valence-electron chi connectivity index (χ4n) is 2.83. The molecule has 3 heteroatoms. The summed E-state index contributed by atoms with van der Waals surface area (Å²) in [7, 11) is 0. The van der Waals surface area contributed by atoms with Gasteiger partial charge < -0.3 is 9.88 Å². The SMILES string of the molecule is CCN(CC)c1ccc(C(=O)c2c[nH]c3ccccc23)cc1. The van der Waals surface area contributed by atoms with E-state index in [-0.39, 0.29) is 5.78 Å². The predicted octanol–water partition coefficient (Wildman–Crippen LogP) is 4.25. The highest BCUT2D eigenvalue weighted by atomic mass is 16.1. The number of rotatable bonds is 5. The third-order valence-corrected chi connectivity index (χ3v) is 4.09. The first-order chi connectivity index (χ1) is 10.7.